The second-order valence-corrected chi connectivity index (χ2v) is 4.92. The number of hydrogen-bond donors (Lipinski definition) is 2. The van der Waals surface area contributed by atoms with Crippen molar-refractivity contribution in [3.8, 4) is 0 Å². The summed E-state index contributed by atoms with van der Waals surface area (Å²) in [5.41, 5.74) is 5.42. The molecule has 7 nitrogen and oxygen atoms in total. The molecule has 0 aliphatic heterocycles. The van der Waals surface area contributed by atoms with Crippen LogP contribution in [0.2, 0.25) is 0 Å². The summed E-state index contributed by atoms with van der Waals surface area (Å²) >= 11 is 0. The van der Waals surface area contributed by atoms with Crippen LogP contribution in [0.3, 0.4) is 0 Å². The van der Waals surface area contributed by atoms with Gasteiger partial charge in [0.2, 0.25) is 0 Å². The van der Waals surface area contributed by atoms with Gasteiger partial charge in [0.1, 0.15) is 5.82 Å². The SMILES string of the molecule is C[C@H](OC(=O)CCCc1nc2ccccc2c(=O)[nH]1)C(N)=O. The van der Waals surface area contributed by atoms with Crippen LogP contribution in [0.5, 0.6) is 0 Å². The summed E-state index contributed by atoms with van der Waals surface area (Å²) < 4.78 is 4.84. The van der Waals surface area contributed by atoms with Crippen LogP contribution in [0.4, 0.5) is 0 Å². The molecule has 0 saturated carbocycles. The highest BCUT2D eigenvalue weighted by molar-refractivity contribution is 5.81. The zero-order chi connectivity index (χ0) is 16.1. The molecule has 0 fully saturated rings. The predicted molar refractivity (Wildman–Crippen MR) is 80.1 cm³/mol. The molecule has 0 unspecified atom stereocenters. The molecule has 1 amide bonds. The van der Waals surface area contributed by atoms with E-state index in [1.165, 1.54) is 6.92 Å². The lowest BCUT2D eigenvalue weighted by Crippen LogP contribution is -2.30. The number of esters is 1. The zero-order valence-electron chi connectivity index (χ0n) is 12.2. The van der Waals surface area contributed by atoms with E-state index in [0.717, 1.165) is 0 Å². The minimum Gasteiger partial charge on any atom is -0.453 e. The number of aromatic amines is 1. The Morgan fingerprint density at radius 3 is 2.82 bits per heavy atom. The maximum absolute atomic E-state index is 11.9. The molecule has 116 valence electrons. The Morgan fingerprint density at radius 1 is 1.36 bits per heavy atom. The Hall–Kier alpha value is -2.70. The van der Waals surface area contributed by atoms with E-state index in [1.54, 1.807) is 24.3 Å². The van der Waals surface area contributed by atoms with E-state index in [-0.39, 0.29) is 12.0 Å². The first-order valence-corrected chi connectivity index (χ1v) is 6.94. The Balaban J connectivity index is 1.94. The Labute approximate surface area is 126 Å². The maximum atomic E-state index is 11.9. The molecule has 0 aliphatic rings. The van der Waals surface area contributed by atoms with E-state index in [1.807, 2.05) is 0 Å². The molecule has 3 N–H and O–H groups in total. The average molecular weight is 303 g/mol. The number of hydrogen-bond acceptors (Lipinski definition) is 5. The van der Waals surface area contributed by atoms with Crippen molar-refractivity contribution in [2.75, 3.05) is 0 Å². The number of aryl methyl sites for hydroxylation is 1. The third-order valence-electron chi connectivity index (χ3n) is 3.17. The largest absolute Gasteiger partial charge is 0.453 e. The van der Waals surface area contributed by atoms with Gasteiger partial charge in [-0.2, -0.15) is 0 Å². The molecule has 1 atom stereocenters. The number of benzene rings is 1. The molecule has 0 aliphatic carbocycles. The molecule has 0 spiro atoms. The molecular weight excluding hydrogens is 286 g/mol. The van der Waals surface area contributed by atoms with E-state index in [0.29, 0.717) is 29.6 Å². The van der Waals surface area contributed by atoms with Crippen molar-refractivity contribution in [2.45, 2.75) is 32.3 Å². The highest BCUT2D eigenvalue weighted by Crippen LogP contribution is 2.07. The highest BCUT2D eigenvalue weighted by Gasteiger charge is 2.14. The van der Waals surface area contributed by atoms with Crippen LogP contribution in [0, 0.1) is 0 Å². The molecule has 1 heterocycles. The Morgan fingerprint density at radius 2 is 2.09 bits per heavy atom. The number of ether oxygens (including phenoxy) is 1. The Bertz CT molecular complexity index is 754. The van der Waals surface area contributed by atoms with Gasteiger partial charge in [-0.15, -0.1) is 0 Å². The van der Waals surface area contributed by atoms with Gasteiger partial charge in [-0.05, 0) is 25.5 Å². The summed E-state index contributed by atoms with van der Waals surface area (Å²) in [6.45, 7) is 1.42. The first kappa shape index (κ1) is 15.7. The summed E-state index contributed by atoms with van der Waals surface area (Å²) in [5.74, 6) is -0.678. The zero-order valence-corrected chi connectivity index (χ0v) is 12.2. The first-order valence-electron chi connectivity index (χ1n) is 6.94. The number of para-hydroxylation sites is 1. The van der Waals surface area contributed by atoms with E-state index < -0.39 is 18.0 Å². The molecular formula is C15H17N3O4. The van der Waals surface area contributed by atoms with Gasteiger partial charge in [-0.3, -0.25) is 14.4 Å². The van der Waals surface area contributed by atoms with E-state index >= 15 is 0 Å². The lowest BCUT2D eigenvalue weighted by molar-refractivity contribution is -0.153. The number of aromatic nitrogens is 2. The number of nitrogens with two attached hydrogens (primary N) is 1. The summed E-state index contributed by atoms with van der Waals surface area (Å²) in [6.07, 6.45) is 0.0611. The monoisotopic (exact) mass is 303 g/mol. The Kier molecular flexibility index (Phi) is 4.88. The molecule has 0 bridgehead atoms. The number of nitrogens with zero attached hydrogens (tertiary/aromatic N) is 1. The fourth-order valence-corrected chi connectivity index (χ4v) is 1.97. The van der Waals surface area contributed by atoms with Crippen molar-refractivity contribution < 1.29 is 14.3 Å². The minimum atomic E-state index is -0.939. The van der Waals surface area contributed by atoms with E-state index in [4.69, 9.17) is 10.5 Å². The number of carbonyl (C=O) groups excluding carboxylic acids is 2. The summed E-state index contributed by atoms with van der Waals surface area (Å²) in [4.78, 5) is 41.2. The molecule has 0 saturated heterocycles. The maximum Gasteiger partial charge on any atom is 0.306 e. The highest BCUT2D eigenvalue weighted by atomic mass is 16.5. The molecule has 2 rings (SSSR count). The van der Waals surface area contributed by atoms with Crippen molar-refractivity contribution in [2.24, 2.45) is 5.73 Å². The van der Waals surface area contributed by atoms with Crippen molar-refractivity contribution in [1.82, 2.24) is 9.97 Å². The van der Waals surface area contributed by atoms with Crippen molar-refractivity contribution >= 4 is 22.8 Å². The predicted octanol–water partition coefficient (Wildman–Crippen LogP) is 0.663. The van der Waals surface area contributed by atoms with Crippen LogP contribution in [-0.4, -0.2) is 27.9 Å². The van der Waals surface area contributed by atoms with Crippen LogP contribution >= 0.6 is 0 Å². The topological polar surface area (TPSA) is 115 Å². The van der Waals surface area contributed by atoms with Crippen molar-refractivity contribution in [3.05, 3.63) is 40.4 Å². The number of H-pyrrole nitrogens is 1. The molecule has 0 radical (unpaired) electrons. The molecule has 22 heavy (non-hydrogen) atoms. The van der Waals surface area contributed by atoms with Crippen LogP contribution in [0.15, 0.2) is 29.1 Å². The number of primary amides is 1. The van der Waals surface area contributed by atoms with Crippen LogP contribution in [0.1, 0.15) is 25.6 Å². The fraction of sp³-hybridized carbons (Fsp3) is 0.333. The number of fused-ring (bicyclic) bond motifs is 1. The third-order valence-corrected chi connectivity index (χ3v) is 3.17. The second kappa shape index (κ2) is 6.84. The lowest BCUT2D eigenvalue weighted by Gasteiger charge is -2.09. The van der Waals surface area contributed by atoms with Gasteiger partial charge in [0, 0.05) is 12.8 Å². The average Bonchev–Trinajstić information content (AvgIpc) is 2.47. The standard InChI is InChI=1S/C15H17N3O4/c1-9(14(16)20)22-13(19)8-4-7-12-17-11-6-3-2-5-10(11)15(21)18-12/h2-3,5-6,9H,4,7-8H2,1H3,(H2,16,20)(H,17,18,21)/t9-/m0/s1. The van der Waals surface area contributed by atoms with Gasteiger partial charge in [0.25, 0.3) is 11.5 Å². The molecule has 2 aromatic rings. The molecule has 1 aromatic heterocycles. The smallest absolute Gasteiger partial charge is 0.306 e. The molecule has 7 heteroatoms. The normalized spacial score (nSPS) is 12.0. The lowest BCUT2D eigenvalue weighted by atomic mass is 10.2. The summed E-state index contributed by atoms with van der Waals surface area (Å²) in [5, 5.41) is 0.529. The van der Waals surface area contributed by atoms with Crippen molar-refractivity contribution in [1.29, 1.82) is 0 Å². The van der Waals surface area contributed by atoms with E-state index in [9.17, 15) is 14.4 Å². The molecule has 1 aromatic carbocycles. The second-order valence-electron chi connectivity index (χ2n) is 4.92. The quantitative estimate of drug-likeness (QED) is 0.761. The number of nitrogens with one attached hydrogen (secondary N) is 1. The van der Waals surface area contributed by atoms with Gasteiger partial charge in [-0.25, -0.2) is 4.98 Å². The van der Waals surface area contributed by atoms with Gasteiger partial charge in [0.05, 0.1) is 10.9 Å². The number of amides is 1. The number of carbonyl (C=O) groups is 2. The van der Waals surface area contributed by atoms with E-state index in [2.05, 4.69) is 9.97 Å². The summed E-state index contributed by atoms with van der Waals surface area (Å²) in [7, 11) is 0. The van der Waals surface area contributed by atoms with Crippen LogP contribution < -0.4 is 11.3 Å². The van der Waals surface area contributed by atoms with Gasteiger partial charge < -0.3 is 15.5 Å². The fourth-order valence-electron chi connectivity index (χ4n) is 1.97. The van der Waals surface area contributed by atoms with Crippen molar-refractivity contribution in [3.63, 3.8) is 0 Å². The van der Waals surface area contributed by atoms with Gasteiger partial charge in [-0.1, -0.05) is 12.1 Å². The van der Waals surface area contributed by atoms with Gasteiger partial charge in [0.15, 0.2) is 6.10 Å². The summed E-state index contributed by atoms with van der Waals surface area (Å²) in [6, 6.07) is 7.04. The first-order chi connectivity index (χ1) is 10.5. The minimum absolute atomic E-state index is 0.119. The number of rotatable bonds is 6. The van der Waals surface area contributed by atoms with Crippen LogP contribution in [-0.2, 0) is 20.7 Å². The third kappa shape index (κ3) is 3.91. The van der Waals surface area contributed by atoms with Gasteiger partial charge >= 0.3 is 5.97 Å². The van der Waals surface area contributed by atoms with Crippen LogP contribution in [0.25, 0.3) is 10.9 Å².